The minimum Gasteiger partial charge on any atom is -0.348 e. The molecule has 2 aromatic rings. The molecule has 0 aliphatic heterocycles. The molecule has 0 bridgehead atoms. The lowest BCUT2D eigenvalue weighted by Crippen LogP contribution is -2.27. The molecule has 0 saturated heterocycles. The molecule has 2 aromatic heterocycles. The van der Waals surface area contributed by atoms with Crippen molar-refractivity contribution in [2.24, 2.45) is 5.73 Å². The second-order valence-electron chi connectivity index (χ2n) is 6.07. The summed E-state index contributed by atoms with van der Waals surface area (Å²) in [6.07, 6.45) is 6.11. The lowest BCUT2D eigenvalue weighted by molar-refractivity contribution is 0.770. The molecule has 0 aromatic carbocycles. The smallest absolute Gasteiger partial charge is 0.133 e. The van der Waals surface area contributed by atoms with Crippen LogP contribution >= 0.6 is 11.3 Å². The van der Waals surface area contributed by atoms with Crippen molar-refractivity contribution in [1.82, 2.24) is 4.98 Å². The quantitative estimate of drug-likeness (QED) is 0.921. The van der Waals surface area contributed by atoms with E-state index in [-0.39, 0.29) is 0 Å². The maximum atomic E-state index is 6.01. The monoisotopic (exact) mass is 299 g/mol. The summed E-state index contributed by atoms with van der Waals surface area (Å²) in [5.74, 6) is 1.15. The Balaban J connectivity index is 1.71. The topological polar surface area (TPSA) is 42.1 Å². The Labute approximate surface area is 129 Å². The molecule has 4 heteroatoms. The van der Waals surface area contributed by atoms with Crippen LogP contribution in [0.5, 0.6) is 0 Å². The molecule has 3 nitrogen and oxygen atoms in total. The van der Waals surface area contributed by atoms with E-state index >= 15 is 0 Å². The van der Waals surface area contributed by atoms with Gasteiger partial charge in [0.05, 0.1) is 6.54 Å². The van der Waals surface area contributed by atoms with E-state index in [0.717, 1.165) is 18.8 Å². The third kappa shape index (κ3) is 2.58. The minimum absolute atomic E-state index is 0.587. The lowest BCUT2D eigenvalue weighted by Gasteiger charge is -2.26. The number of aryl methyl sites for hydroxylation is 2. The molecule has 2 heterocycles. The zero-order valence-electron chi connectivity index (χ0n) is 12.2. The Kier molecular flexibility index (Phi) is 3.43. The fourth-order valence-corrected chi connectivity index (χ4v) is 3.94. The van der Waals surface area contributed by atoms with Crippen LogP contribution in [-0.2, 0) is 25.9 Å². The number of thiophene rings is 1. The molecule has 0 amide bonds. The molecule has 4 rings (SSSR count). The first-order valence-corrected chi connectivity index (χ1v) is 8.74. The van der Waals surface area contributed by atoms with E-state index in [9.17, 15) is 0 Å². The van der Waals surface area contributed by atoms with E-state index in [1.54, 1.807) is 0 Å². The highest BCUT2D eigenvalue weighted by atomic mass is 32.1. The number of hydrogen-bond donors (Lipinski definition) is 1. The summed E-state index contributed by atoms with van der Waals surface area (Å²) >= 11 is 1.83. The van der Waals surface area contributed by atoms with Gasteiger partial charge in [-0.25, -0.2) is 4.98 Å². The first kappa shape index (κ1) is 13.3. The number of pyridine rings is 1. The molecule has 0 atom stereocenters. The van der Waals surface area contributed by atoms with Crippen LogP contribution in [0.3, 0.4) is 0 Å². The SMILES string of the molecule is NCc1cc2c(nc1N(Cc1cccs1)C1CC1)CCC2. The van der Waals surface area contributed by atoms with Crippen LogP contribution in [0.1, 0.15) is 41.0 Å². The van der Waals surface area contributed by atoms with E-state index in [0.29, 0.717) is 12.6 Å². The van der Waals surface area contributed by atoms with Gasteiger partial charge in [-0.3, -0.25) is 0 Å². The van der Waals surface area contributed by atoms with Crippen molar-refractivity contribution in [2.75, 3.05) is 4.90 Å². The number of hydrogen-bond acceptors (Lipinski definition) is 4. The molecule has 0 unspecified atom stereocenters. The van der Waals surface area contributed by atoms with Crippen molar-refractivity contribution in [1.29, 1.82) is 0 Å². The van der Waals surface area contributed by atoms with Crippen LogP contribution in [0.2, 0.25) is 0 Å². The van der Waals surface area contributed by atoms with Gasteiger partial charge in [-0.15, -0.1) is 11.3 Å². The molecular weight excluding hydrogens is 278 g/mol. The van der Waals surface area contributed by atoms with Gasteiger partial charge in [0.1, 0.15) is 5.82 Å². The molecule has 21 heavy (non-hydrogen) atoms. The van der Waals surface area contributed by atoms with E-state index in [4.69, 9.17) is 10.7 Å². The van der Waals surface area contributed by atoms with Crippen molar-refractivity contribution in [3.63, 3.8) is 0 Å². The van der Waals surface area contributed by atoms with Crippen molar-refractivity contribution in [2.45, 2.75) is 51.2 Å². The Morgan fingerprint density at radius 1 is 1.33 bits per heavy atom. The van der Waals surface area contributed by atoms with Gasteiger partial charge >= 0.3 is 0 Å². The molecular formula is C17H21N3S. The van der Waals surface area contributed by atoms with Crippen molar-refractivity contribution in [3.8, 4) is 0 Å². The number of anilines is 1. The van der Waals surface area contributed by atoms with Crippen molar-refractivity contribution in [3.05, 3.63) is 45.3 Å². The van der Waals surface area contributed by atoms with E-state index in [2.05, 4.69) is 28.5 Å². The molecule has 0 radical (unpaired) electrons. The summed E-state index contributed by atoms with van der Waals surface area (Å²) in [6.45, 7) is 1.56. The summed E-state index contributed by atoms with van der Waals surface area (Å²) in [6, 6.07) is 7.32. The number of nitrogens with two attached hydrogens (primary N) is 1. The van der Waals surface area contributed by atoms with Crippen molar-refractivity contribution < 1.29 is 0 Å². The number of rotatable bonds is 5. The van der Waals surface area contributed by atoms with Crippen LogP contribution < -0.4 is 10.6 Å². The van der Waals surface area contributed by atoms with Crippen LogP contribution in [0.25, 0.3) is 0 Å². The summed E-state index contributed by atoms with van der Waals surface area (Å²) in [7, 11) is 0. The van der Waals surface area contributed by atoms with Crippen LogP contribution in [0.4, 0.5) is 5.82 Å². The molecule has 110 valence electrons. The van der Waals surface area contributed by atoms with Crippen molar-refractivity contribution >= 4 is 17.2 Å². The van der Waals surface area contributed by atoms with Gasteiger partial charge in [0.15, 0.2) is 0 Å². The summed E-state index contributed by atoms with van der Waals surface area (Å²) < 4.78 is 0. The summed E-state index contributed by atoms with van der Waals surface area (Å²) in [4.78, 5) is 8.92. The van der Waals surface area contributed by atoms with E-state index in [1.807, 2.05) is 11.3 Å². The minimum atomic E-state index is 0.587. The second-order valence-corrected chi connectivity index (χ2v) is 7.11. The van der Waals surface area contributed by atoms with Gasteiger partial charge in [-0.05, 0) is 55.2 Å². The number of aromatic nitrogens is 1. The summed E-state index contributed by atoms with van der Waals surface area (Å²) in [5, 5.41) is 2.15. The van der Waals surface area contributed by atoms with Gasteiger partial charge < -0.3 is 10.6 Å². The summed E-state index contributed by atoms with van der Waals surface area (Å²) in [5.41, 5.74) is 9.96. The van der Waals surface area contributed by atoms with Gasteiger partial charge in [0, 0.05) is 28.7 Å². The highest BCUT2D eigenvalue weighted by Gasteiger charge is 2.32. The van der Waals surface area contributed by atoms with Gasteiger partial charge in [-0.2, -0.15) is 0 Å². The lowest BCUT2D eigenvalue weighted by atomic mass is 10.1. The second kappa shape index (κ2) is 5.43. The third-order valence-corrected chi connectivity index (χ3v) is 5.35. The Hall–Kier alpha value is -1.39. The van der Waals surface area contributed by atoms with Crippen LogP contribution in [0, 0.1) is 0 Å². The molecule has 1 saturated carbocycles. The molecule has 2 aliphatic rings. The fourth-order valence-electron chi connectivity index (χ4n) is 3.24. The molecule has 2 N–H and O–H groups in total. The highest BCUT2D eigenvalue weighted by molar-refractivity contribution is 7.09. The van der Waals surface area contributed by atoms with Crippen LogP contribution in [-0.4, -0.2) is 11.0 Å². The Morgan fingerprint density at radius 2 is 2.24 bits per heavy atom. The molecule has 2 aliphatic carbocycles. The maximum absolute atomic E-state index is 6.01. The zero-order valence-corrected chi connectivity index (χ0v) is 13.0. The molecule has 1 fully saturated rings. The predicted octanol–water partition coefficient (Wildman–Crippen LogP) is 3.26. The fraction of sp³-hybridized carbons (Fsp3) is 0.471. The largest absolute Gasteiger partial charge is 0.348 e. The Bertz CT molecular complexity index is 632. The normalized spacial score (nSPS) is 17.0. The van der Waals surface area contributed by atoms with E-state index < -0.39 is 0 Å². The van der Waals surface area contributed by atoms with E-state index in [1.165, 1.54) is 47.4 Å². The molecule has 0 spiro atoms. The third-order valence-electron chi connectivity index (χ3n) is 4.49. The first-order chi connectivity index (χ1) is 10.3. The van der Waals surface area contributed by atoms with Gasteiger partial charge in [-0.1, -0.05) is 6.07 Å². The number of nitrogens with zero attached hydrogens (tertiary/aromatic N) is 2. The average molecular weight is 299 g/mol. The van der Waals surface area contributed by atoms with Crippen LogP contribution in [0.15, 0.2) is 23.6 Å². The number of fused-ring (bicyclic) bond motifs is 1. The zero-order chi connectivity index (χ0) is 14.2. The maximum Gasteiger partial charge on any atom is 0.133 e. The average Bonchev–Trinajstić information content (AvgIpc) is 3.02. The predicted molar refractivity (Wildman–Crippen MR) is 87.7 cm³/mol. The standard InChI is InChI=1S/C17H21N3S/c18-10-13-9-12-3-1-5-16(12)19-17(13)20(14-6-7-14)11-15-4-2-8-21-15/h2,4,8-9,14H,1,3,5-7,10-11,18H2. The Morgan fingerprint density at radius 3 is 2.95 bits per heavy atom. The van der Waals surface area contributed by atoms with Gasteiger partial charge in [0.2, 0.25) is 0 Å². The highest BCUT2D eigenvalue weighted by Crippen LogP contribution is 2.36. The first-order valence-electron chi connectivity index (χ1n) is 7.86. The van der Waals surface area contributed by atoms with Gasteiger partial charge in [0.25, 0.3) is 0 Å².